The molecule has 0 saturated carbocycles. The van der Waals surface area contributed by atoms with Gasteiger partial charge < -0.3 is 15.2 Å². The van der Waals surface area contributed by atoms with Crippen molar-refractivity contribution < 1.29 is 9.47 Å². The van der Waals surface area contributed by atoms with Gasteiger partial charge in [-0.1, -0.05) is 0 Å². The second-order valence-corrected chi connectivity index (χ2v) is 3.73. The Labute approximate surface area is 104 Å². The Morgan fingerprint density at radius 3 is 2.72 bits per heavy atom. The molecule has 0 aliphatic carbocycles. The minimum absolute atomic E-state index is 0.228. The van der Waals surface area contributed by atoms with E-state index in [1.807, 2.05) is 0 Å². The molecule has 0 aliphatic heterocycles. The lowest BCUT2D eigenvalue weighted by atomic mass is 10.1. The number of nitrogens with zero attached hydrogens (tertiary/aromatic N) is 2. The van der Waals surface area contributed by atoms with Crippen LogP contribution in [0.4, 0.5) is 0 Å². The SMILES string of the molecule is COc1ccc2cnn(CCN)c(=O)c2c1OC. The highest BCUT2D eigenvalue weighted by molar-refractivity contribution is 5.89. The predicted octanol–water partition coefficient (Wildman–Crippen LogP) is 0.372. The molecule has 0 amide bonds. The van der Waals surface area contributed by atoms with E-state index in [-0.39, 0.29) is 5.56 Å². The largest absolute Gasteiger partial charge is 0.493 e. The van der Waals surface area contributed by atoms with Crippen molar-refractivity contribution in [3.63, 3.8) is 0 Å². The molecule has 1 heterocycles. The summed E-state index contributed by atoms with van der Waals surface area (Å²) in [7, 11) is 3.04. The molecule has 0 saturated heterocycles. The Balaban J connectivity index is 2.80. The molecule has 6 heteroatoms. The molecule has 1 aromatic heterocycles. The number of hydrogen-bond acceptors (Lipinski definition) is 5. The number of benzene rings is 1. The molecule has 96 valence electrons. The van der Waals surface area contributed by atoms with Crippen LogP contribution < -0.4 is 20.8 Å². The van der Waals surface area contributed by atoms with E-state index >= 15 is 0 Å². The van der Waals surface area contributed by atoms with Gasteiger partial charge in [-0.15, -0.1) is 0 Å². The summed E-state index contributed by atoms with van der Waals surface area (Å²) in [6.45, 7) is 0.722. The number of rotatable bonds is 4. The Bertz CT molecular complexity index is 622. The molecule has 2 N–H and O–H groups in total. The molecular formula is C12H15N3O3. The van der Waals surface area contributed by atoms with Crippen LogP contribution in [0.1, 0.15) is 0 Å². The van der Waals surface area contributed by atoms with E-state index in [1.54, 1.807) is 18.3 Å². The zero-order valence-electron chi connectivity index (χ0n) is 10.3. The second kappa shape index (κ2) is 5.05. The zero-order chi connectivity index (χ0) is 13.1. The smallest absolute Gasteiger partial charge is 0.278 e. The van der Waals surface area contributed by atoms with E-state index in [1.165, 1.54) is 18.9 Å². The molecule has 1 aromatic carbocycles. The molecule has 0 spiro atoms. The van der Waals surface area contributed by atoms with Crippen molar-refractivity contribution in [2.24, 2.45) is 5.73 Å². The number of aromatic nitrogens is 2. The van der Waals surface area contributed by atoms with Crippen LogP contribution in [0.25, 0.3) is 10.8 Å². The van der Waals surface area contributed by atoms with Gasteiger partial charge >= 0.3 is 0 Å². The van der Waals surface area contributed by atoms with Gasteiger partial charge in [0.1, 0.15) is 0 Å². The van der Waals surface area contributed by atoms with Gasteiger partial charge in [0.25, 0.3) is 5.56 Å². The van der Waals surface area contributed by atoms with Crippen LogP contribution >= 0.6 is 0 Å². The molecule has 0 aliphatic rings. The second-order valence-electron chi connectivity index (χ2n) is 3.73. The minimum atomic E-state index is -0.228. The molecule has 2 aromatic rings. The van der Waals surface area contributed by atoms with Gasteiger partial charge in [0.05, 0.1) is 32.3 Å². The number of fused-ring (bicyclic) bond motifs is 1. The summed E-state index contributed by atoms with van der Waals surface area (Å²) in [5.74, 6) is 0.945. The van der Waals surface area contributed by atoms with Crippen LogP contribution in [0.2, 0.25) is 0 Å². The van der Waals surface area contributed by atoms with Crippen LogP contribution in [0.3, 0.4) is 0 Å². The van der Waals surface area contributed by atoms with Crippen LogP contribution in [-0.4, -0.2) is 30.5 Å². The first-order valence-corrected chi connectivity index (χ1v) is 5.53. The van der Waals surface area contributed by atoms with Crippen LogP contribution in [-0.2, 0) is 6.54 Å². The number of ether oxygens (including phenoxy) is 2. The van der Waals surface area contributed by atoms with Crippen LogP contribution in [0, 0.1) is 0 Å². The maximum absolute atomic E-state index is 12.3. The first-order chi connectivity index (χ1) is 8.72. The summed E-state index contributed by atoms with van der Waals surface area (Å²) in [6, 6.07) is 3.52. The third-order valence-electron chi connectivity index (χ3n) is 2.70. The van der Waals surface area contributed by atoms with Crippen molar-refractivity contribution in [3.05, 3.63) is 28.7 Å². The van der Waals surface area contributed by atoms with Crippen molar-refractivity contribution in [2.45, 2.75) is 6.54 Å². The van der Waals surface area contributed by atoms with Gasteiger partial charge in [-0.05, 0) is 12.1 Å². The summed E-state index contributed by atoms with van der Waals surface area (Å²) in [5, 5.41) is 5.23. The molecule has 6 nitrogen and oxygen atoms in total. The maximum atomic E-state index is 12.3. The molecule has 0 atom stereocenters. The highest BCUT2D eigenvalue weighted by Gasteiger charge is 2.14. The van der Waals surface area contributed by atoms with E-state index in [4.69, 9.17) is 15.2 Å². The normalized spacial score (nSPS) is 10.6. The lowest BCUT2D eigenvalue weighted by Gasteiger charge is -2.11. The lowest BCUT2D eigenvalue weighted by molar-refractivity contribution is 0.358. The van der Waals surface area contributed by atoms with Crippen LogP contribution in [0.15, 0.2) is 23.1 Å². The third kappa shape index (κ3) is 1.91. The molecule has 0 radical (unpaired) electrons. The molecule has 0 fully saturated rings. The van der Waals surface area contributed by atoms with Gasteiger partial charge in [-0.25, -0.2) is 4.68 Å². The summed E-state index contributed by atoms with van der Waals surface area (Å²) in [6.07, 6.45) is 1.62. The lowest BCUT2D eigenvalue weighted by Crippen LogP contribution is -2.26. The topological polar surface area (TPSA) is 79.4 Å². The molecule has 0 bridgehead atoms. The first kappa shape index (κ1) is 12.4. The van der Waals surface area contributed by atoms with Gasteiger partial charge in [-0.2, -0.15) is 5.10 Å². The third-order valence-corrected chi connectivity index (χ3v) is 2.70. The van der Waals surface area contributed by atoms with Gasteiger partial charge in [0, 0.05) is 11.9 Å². The first-order valence-electron chi connectivity index (χ1n) is 5.53. The minimum Gasteiger partial charge on any atom is -0.493 e. The highest BCUT2D eigenvalue weighted by Crippen LogP contribution is 2.32. The zero-order valence-corrected chi connectivity index (χ0v) is 10.3. The van der Waals surface area contributed by atoms with Crippen molar-refractivity contribution in [1.29, 1.82) is 0 Å². The standard InChI is InChI=1S/C12H15N3O3/c1-17-9-4-3-8-7-14-15(6-5-13)12(16)10(8)11(9)18-2/h3-4,7H,5-6,13H2,1-2H3. The van der Waals surface area contributed by atoms with Crippen molar-refractivity contribution >= 4 is 10.8 Å². The van der Waals surface area contributed by atoms with Crippen molar-refractivity contribution in [2.75, 3.05) is 20.8 Å². The Morgan fingerprint density at radius 2 is 2.11 bits per heavy atom. The Morgan fingerprint density at radius 1 is 1.33 bits per heavy atom. The van der Waals surface area contributed by atoms with E-state index in [2.05, 4.69) is 5.10 Å². The summed E-state index contributed by atoms with van der Waals surface area (Å²) < 4.78 is 11.8. The molecule has 2 rings (SSSR count). The fourth-order valence-corrected chi connectivity index (χ4v) is 1.87. The maximum Gasteiger partial charge on any atom is 0.278 e. The summed E-state index contributed by atoms with van der Waals surface area (Å²) in [5.41, 5.74) is 5.22. The van der Waals surface area contributed by atoms with Gasteiger partial charge in [0.15, 0.2) is 11.5 Å². The van der Waals surface area contributed by atoms with Crippen molar-refractivity contribution in [1.82, 2.24) is 9.78 Å². The monoisotopic (exact) mass is 249 g/mol. The Kier molecular flexibility index (Phi) is 3.47. The van der Waals surface area contributed by atoms with E-state index in [9.17, 15) is 4.79 Å². The fraction of sp³-hybridized carbons (Fsp3) is 0.333. The average Bonchev–Trinajstić information content (AvgIpc) is 2.40. The predicted molar refractivity (Wildman–Crippen MR) is 68.2 cm³/mol. The van der Waals surface area contributed by atoms with E-state index in [0.29, 0.717) is 35.4 Å². The average molecular weight is 249 g/mol. The van der Waals surface area contributed by atoms with E-state index in [0.717, 1.165) is 0 Å². The van der Waals surface area contributed by atoms with Gasteiger partial charge in [0.2, 0.25) is 0 Å². The number of methoxy groups -OCH3 is 2. The van der Waals surface area contributed by atoms with E-state index < -0.39 is 0 Å². The summed E-state index contributed by atoms with van der Waals surface area (Å²) in [4.78, 5) is 12.3. The summed E-state index contributed by atoms with van der Waals surface area (Å²) >= 11 is 0. The highest BCUT2D eigenvalue weighted by atomic mass is 16.5. The quantitative estimate of drug-likeness (QED) is 0.847. The van der Waals surface area contributed by atoms with Crippen LogP contribution in [0.5, 0.6) is 11.5 Å². The van der Waals surface area contributed by atoms with Crippen molar-refractivity contribution in [3.8, 4) is 11.5 Å². The molecule has 18 heavy (non-hydrogen) atoms. The number of hydrogen-bond donors (Lipinski definition) is 1. The molecular weight excluding hydrogens is 234 g/mol. The van der Waals surface area contributed by atoms with Gasteiger partial charge in [-0.3, -0.25) is 4.79 Å². The number of nitrogens with two attached hydrogens (primary N) is 1. The Hall–Kier alpha value is -2.08. The molecule has 0 unspecified atom stereocenters. The fourth-order valence-electron chi connectivity index (χ4n) is 1.87.